The summed E-state index contributed by atoms with van der Waals surface area (Å²) in [6.07, 6.45) is 1.63. The van der Waals surface area contributed by atoms with Gasteiger partial charge in [-0.3, -0.25) is 4.79 Å². The fourth-order valence-electron chi connectivity index (χ4n) is 1.41. The van der Waals surface area contributed by atoms with Crippen molar-refractivity contribution in [1.29, 1.82) is 0 Å². The predicted molar refractivity (Wildman–Crippen MR) is 63.7 cm³/mol. The second-order valence-corrected chi connectivity index (χ2v) is 4.76. The van der Waals surface area contributed by atoms with E-state index < -0.39 is 5.54 Å². The third-order valence-corrected chi connectivity index (χ3v) is 3.05. The molecular weight excluding hydrogens is 208 g/mol. The molecule has 3 nitrogen and oxygen atoms in total. The van der Waals surface area contributed by atoms with Gasteiger partial charge in [-0.25, -0.2) is 0 Å². The fraction of sp³-hybridized carbons (Fsp3) is 0.545. The maximum Gasteiger partial charge on any atom is 0.240 e. The average molecular weight is 226 g/mol. The zero-order valence-electron chi connectivity index (χ0n) is 9.25. The Bertz CT molecular complexity index is 306. The molecule has 1 amide bonds. The van der Waals surface area contributed by atoms with Gasteiger partial charge in [0.2, 0.25) is 5.91 Å². The first kappa shape index (κ1) is 12.2. The molecule has 4 heteroatoms. The van der Waals surface area contributed by atoms with Crippen LogP contribution in [-0.4, -0.2) is 11.4 Å². The van der Waals surface area contributed by atoms with E-state index in [9.17, 15) is 4.79 Å². The molecule has 0 bridgehead atoms. The SMILES string of the molecule is CCCC(C)(N)C(=O)NCc1ccsc1. The molecule has 15 heavy (non-hydrogen) atoms. The van der Waals surface area contributed by atoms with E-state index in [1.807, 2.05) is 23.8 Å². The number of carbonyl (C=O) groups is 1. The van der Waals surface area contributed by atoms with Crippen LogP contribution in [0.25, 0.3) is 0 Å². The van der Waals surface area contributed by atoms with Gasteiger partial charge in [-0.05, 0) is 35.7 Å². The highest BCUT2D eigenvalue weighted by Gasteiger charge is 2.26. The van der Waals surface area contributed by atoms with Crippen LogP contribution in [0, 0.1) is 0 Å². The van der Waals surface area contributed by atoms with E-state index >= 15 is 0 Å². The van der Waals surface area contributed by atoms with Gasteiger partial charge in [0.1, 0.15) is 0 Å². The van der Waals surface area contributed by atoms with Crippen LogP contribution in [0.4, 0.5) is 0 Å². The van der Waals surface area contributed by atoms with Crippen molar-refractivity contribution in [3.8, 4) is 0 Å². The molecular formula is C11H18N2OS. The van der Waals surface area contributed by atoms with Gasteiger partial charge < -0.3 is 11.1 Å². The Morgan fingerprint density at radius 2 is 2.40 bits per heavy atom. The van der Waals surface area contributed by atoms with Gasteiger partial charge in [0.15, 0.2) is 0 Å². The Morgan fingerprint density at radius 3 is 2.93 bits per heavy atom. The minimum absolute atomic E-state index is 0.0736. The van der Waals surface area contributed by atoms with E-state index in [-0.39, 0.29) is 5.91 Å². The molecule has 1 atom stereocenters. The predicted octanol–water partition coefficient (Wildman–Crippen LogP) is 1.88. The van der Waals surface area contributed by atoms with Crippen LogP contribution in [0.1, 0.15) is 32.3 Å². The van der Waals surface area contributed by atoms with Crippen molar-refractivity contribution >= 4 is 17.2 Å². The van der Waals surface area contributed by atoms with E-state index in [4.69, 9.17) is 5.73 Å². The van der Waals surface area contributed by atoms with E-state index in [2.05, 4.69) is 5.32 Å². The summed E-state index contributed by atoms with van der Waals surface area (Å²) in [5.74, 6) is -0.0736. The maximum absolute atomic E-state index is 11.7. The fourth-order valence-corrected chi connectivity index (χ4v) is 2.08. The molecule has 1 rings (SSSR count). The Labute approximate surface area is 94.7 Å². The zero-order valence-corrected chi connectivity index (χ0v) is 10.1. The summed E-state index contributed by atoms with van der Waals surface area (Å²) < 4.78 is 0. The third kappa shape index (κ3) is 3.64. The Hall–Kier alpha value is -0.870. The number of rotatable bonds is 5. The number of carbonyl (C=O) groups excluding carboxylic acids is 1. The molecule has 0 aliphatic heterocycles. The lowest BCUT2D eigenvalue weighted by Gasteiger charge is -2.22. The minimum atomic E-state index is -0.745. The van der Waals surface area contributed by atoms with Crippen LogP contribution in [0.5, 0.6) is 0 Å². The highest BCUT2D eigenvalue weighted by atomic mass is 32.1. The van der Waals surface area contributed by atoms with Crippen molar-refractivity contribution < 1.29 is 4.79 Å². The molecule has 1 aromatic rings. The molecule has 0 aromatic carbocycles. The lowest BCUT2D eigenvalue weighted by molar-refractivity contribution is -0.126. The van der Waals surface area contributed by atoms with E-state index in [0.29, 0.717) is 13.0 Å². The molecule has 0 aliphatic carbocycles. The quantitative estimate of drug-likeness (QED) is 0.805. The minimum Gasteiger partial charge on any atom is -0.350 e. The zero-order chi connectivity index (χ0) is 11.3. The van der Waals surface area contributed by atoms with Crippen LogP contribution in [0.3, 0.4) is 0 Å². The van der Waals surface area contributed by atoms with Crippen molar-refractivity contribution in [2.75, 3.05) is 0 Å². The Kier molecular flexibility index (Phi) is 4.29. The first-order valence-electron chi connectivity index (χ1n) is 5.14. The van der Waals surface area contributed by atoms with Gasteiger partial charge in [-0.1, -0.05) is 13.3 Å². The molecule has 1 aromatic heterocycles. The van der Waals surface area contributed by atoms with Gasteiger partial charge in [0.25, 0.3) is 0 Å². The summed E-state index contributed by atoms with van der Waals surface area (Å²) in [6.45, 7) is 4.37. The first-order valence-corrected chi connectivity index (χ1v) is 6.09. The number of nitrogens with one attached hydrogen (secondary N) is 1. The van der Waals surface area contributed by atoms with Crippen molar-refractivity contribution in [2.24, 2.45) is 5.73 Å². The van der Waals surface area contributed by atoms with Gasteiger partial charge >= 0.3 is 0 Å². The van der Waals surface area contributed by atoms with E-state index in [0.717, 1.165) is 12.0 Å². The van der Waals surface area contributed by atoms with Crippen molar-refractivity contribution in [2.45, 2.75) is 38.8 Å². The second-order valence-electron chi connectivity index (χ2n) is 3.98. The van der Waals surface area contributed by atoms with Crippen LogP contribution >= 0.6 is 11.3 Å². The molecule has 0 spiro atoms. The lowest BCUT2D eigenvalue weighted by Crippen LogP contribution is -2.51. The van der Waals surface area contributed by atoms with E-state index in [1.165, 1.54) is 0 Å². The number of nitrogens with two attached hydrogens (primary N) is 1. The largest absolute Gasteiger partial charge is 0.350 e. The standard InChI is InChI=1S/C11H18N2OS/c1-3-5-11(2,12)10(14)13-7-9-4-6-15-8-9/h4,6,8H,3,5,7,12H2,1-2H3,(H,13,14). The highest BCUT2D eigenvalue weighted by molar-refractivity contribution is 7.07. The molecule has 0 radical (unpaired) electrons. The Balaban J connectivity index is 2.42. The molecule has 0 aliphatic rings. The smallest absolute Gasteiger partial charge is 0.240 e. The van der Waals surface area contributed by atoms with Crippen LogP contribution in [0.15, 0.2) is 16.8 Å². The van der Waals surface area contributed by atoms with Gasteiger partial charge in [0, 0.05) is 6.54 Å². The van der Waals surface area contributed by atoms with Crippen molar-refractivity contribution in [3.63, 3.8) is 0 Å². The summed E-state index contributed by atoms with van der Waals surface area (Å²) in [5, 5.41) is 6.87. The van der Waals surface area contributed by atoms with Gasteiger partial charge in [-0.15, -0.1) is 0 Å². The number of hydrogen-bond donors (Lipinski definition) is 2. The summed E-state index contributed by atoms with van der Waals surface area (Å²) in [4.78, 5) is 11.7. The third-order valence-electron chi connectivity index (χ3n) is 2.32. The first-order chi connectivity index (χ1) is 7.06. The number of amides is 1. The molecule has 0 saturated heterocycles. The molecule has 0 fully saturated rings. The monoisotopic (exact) mass is 226 g/mol. The Morgan fingerprint density at radius 1 is 1.67 bits per heavy atom. The van der Waals surface area contributed by atoms with Gasteiger partial charge in [0.05, 0.1) is 5.54 Å². The maximum atomic E-state index is 11.7. The molecule has 3 N–H and O–H groups in total. The summed E-state index contributed by atoms with van der Waals surface area (Å²) >= 11 is 1.63. The summed E-state index contributed by atoms with van der Waals surface area (Å²) in [6, 6.07) is 2.00. The second kappa shape index (κ2) is 5.28. The van der Waals surface area contributed by atoms with Gasteiger partial charge in [-0.2, -0.15) is 11.3 Å². The lowest BCUT2D eigenvalue weighted by atomic mass is 9.96. The van der Waals surface area contributed by atoms with Crippen LogP contribution in [0.2, 0.25) is 0 Å². The molecule has 1 unspecified atom stereocenters. The topological polar surface area (TPSA) is 55.1 Å². The highest BCUT2D eigenvalue weighted by Crippen LogP contribution is 2.10. The number of hydrogen-bond acceptors (Lipinski definition) is 3. The molecule has 0 saturated carbocycles. The van der Waals surface area contributed by atoms with Crippen molar-refractivity contribution in [3.05, 3.63) is 22.4 Å². The number of thiophene rings is 1. The van der Waals surface area contributed by atoms with E-state index in [1.54, 1.807) is 18.3 Å². The normalized spacial score (nSPS) is 14.6. The van der Waals surface area contributed by atoms with Crippen LogP contribution < -0.4 is 11.1 Å². The summed E-state index contributed by atoms with van der Waals surface area (Å²) in [5.41, 5.74) is 6.28. The summed E-state index contributed by atoms with van der Waals surface area (Å²) in [7, 11) is 0. The van der Waals surface area contributed by atoms with Crippen LogP contribution in [-0.2, 0) is 11.3 Å². The average Bonchev–Trinajstić information content (AvgIpc) is 2.66. The molecule has 1 heterocycles. The van der Waals surface area contributed by atoms with Crippen molar-refractivity contribution in [1.82, 2.24) is 5.32 Å². The molecule has 84 valence electrons.